The van der Waals surface area contributed by atoms with Gasteiger partial charge in [0, 0.05) is 37.4 Å². The van der Waals surface area contributed by atoms with Crippen LogP contribution in [0.4, 0.5) is 0 Å². The molecule has 0 radical (unpaired) electrons. The number of nitrogens with zero attached hydrogens (tertiary/aromatic N) is 1. The Morgan fingerprint density at radius 3 is 2.56 bits per heavy atom. The SMILES string of the molecule is CC(=O)c1c(C)[nH]c(C(=O)N2CCCC(C(=O)NCCN)C2)c1C.Cl. The number of aromatic amines is 1. The summed E-state index contributed by atoms with van der Waals surface area (Å²) in [6, 6.07) is 0. The third-order valence-corrected chi connectivity index (χ3v) is 4.53. The molecule has 2 heterocycles. The molecule has 140 valence electrons. The van der Waals surface area contributed by atoms with Gasteiger partial charge in [-0.1, -0.05) is 0 Å². The van der Waals surface area contributed by atoms with Crippen molar-refractivity contribution < 1.29 is 14.4 Å². The van der Waals surface area contributed by atoms with E-state index in [2.05, 4.69) is 10.3 Å². The zero-order valence-electron chi connectivity index (χ0n) is 15.0. The quantitative estimate of drug-likeness (QED) is 0.676. The van der Waals surface area contributed by atoms with Crippen molar-refractivity contribution in [2.45, 2.75) is 33.6 Å². The van der Waals surface area contributed by atoms with E-state index in [9.17, 15) is 14.4 Å². The lowest BCUT2D eigenvalue weighted by atomic mass is 9.96. The fourth-order valence-electron chi connectivity index (χ4n) is 3.37. The van der Waals surface area contributed by atoms with E-state index in [1.54, 1.807) is 18.7 Å². The first kappa shape index (κ1) is 21.2. The molecule has 1 saturated heterocycles. The van der Waals surface area contributed by atoms with Crippen molar-refractivity contribution in [2.24, 2.45) is 11.7 Å². The minimum atomic E-state index is -0.210. The molecule has 25 heavy (non-hydrogen) atoms. The van der Waals surface area contributed by atoms with Crippen LogP contribution >= 0.6 is 12.4 Å². The number of rotatable bonds is 5. The van der Waals surface area contributed by atoms with Crippen LogP contribution in [0.2, 0.25) is 0 Å². The van der Waals surface area contributed by atoms with Crippen LogP contribution in [-0.4, -0.2) is 53.7 Å². The van der Waals surface area contributed by atoms with Gasteiger partial charge in [0.2, 0.25) is 5.91 Å². The molecule has 8 heteroatoms. The van der Waals surface area contributed by atoms with Gasteiger partial charge in [0.05, 0.1) is 5.92 Å². The molecule has 1 unspecified atom stereocenters. The van der Waals surface area contributed by atoms with Crippen LogP contribution in [0.1, 0.15) is 51.9 Å². The number of amides is 2. The molecule has 0 aromatic carbocycles. The van der Waals surface area contributed by atoms with E-state index in [0.717, 1.165) is 12.8 Å². The first-order chi connectivity index (χ1) is 11.4. The average molecular weight is 371 g/mol. The minimum absolute atomic E-state index is 0. The lowest BCUT2D eigenvalue weighted by Crippen LogP contribution is -2.46. The number of aromatic nitrogens is 1. The van der Waals surface area contributed by atoms with Crippen molar-refractivity contribution in [1.29, 1.82) is 0 Å². The predicted molar refractivity (Wildman–Crippen MR) is 98.2 cm³/mol. The molecule has 4 N–H and O–H groups in total. The van der Waals surface area contributed by atoms with E-state index in [1.807, 2.05) is 0 Å². The normalized spacial score (nSPS) is 17.0. The Balaban J connectivity index is 0.00000312. The van der Waals surface area contributed by atoms with Gasteiger partial charge in [-0.05, 0) is 39.2 Å². The smallest absolute Gasteiger partial charge is 0.270 e. The second kappa shape index (κ2) is 9.01. The van der Waals surface area contributed by atoms with Gasteiger partial charge >= 0.3 is 0 Å². The number of hydrogen-bond donors (Lipinski definition) is 3. The number of H-pyrrole nitrogens is 1. The first-order valence-corrected chi connectivity index (χ1v) is 8.34. The fourth-order valence-corrected chi connectivity index (χ4v) is 3.37. The third-order valence-electron chi connectivity index (χ3n) is 4.53. The van der Waals surface area contributed by atoms with Crippen molar-refractivity contribution in [3.63, 3.8) is 0 Å². The van der Waals surface area contributed by atoms with Crippen molar-refractivity contribution in [3.8, 4) is 0 Å². The molecule has 0 saturated carbocycles. The fraction of sp³-hybridized carbons (Fsp3) is 0.588. The largest absolute Gasteiger partial charge is 0.355 e. The highest BCUT2D eigenvalue weighted by Gasteiger charge is 2.31. The number of carbonyl (C=O) groups excluding carboxylic acids is 3. The summed E-state index contributed by atoms with van der Waals surface area (Å²) in [5.41, 5.74) is 7.81. The maximum atomic E-state index is 12.8. The van der Waals surface area contributed by atoms with Crippen LogP contribution in [0.5, 0.6) is 0 Å². The van der Waals surface area contributed by atoms with Crippen LogP contribution in [0.25, 0.3) is 0 Å². The molecule has 1 aromatic heterocycles. The second-order valence-electron chi connectivity index (χ2n) is 6.35. The monoisotopic (exact) mass is 370 g/mol. The molecule has 1 fully saturated rings. The van der Waals surface area contributed by atoms with Crippen LogP contribution < -0.4 is 11.1 Å². The van der Waals surface area contributed by atoms with Gasteiger partial charge in [0.1, 0.15) is 5.69 Å². The summed E-state index contributed by atoms with van der Waals surface area (Å²) < 4.78 is 0. The Hall–Kier alpha value is -1.86. The number of aryl methyl sites for hydroxylation is 1. The Kier molecular flexibility index (Phi) is 7.63. The van der Waals surface area contributed by atoms with Gasteiger partial charge in [-0.2, -0.15) is 0 Å². The molecule has 1 atom stereocenters. The topological polar surface area (TPSA) is 108 Å². The number of likely N-dealkylation sites (tertiary alicyclic amines) is 1. The summed E-state index contributed by atoms with van der Waals surface area (Å²) in [4.78, 5) is 41.4. The summed E-state index contributed by atoms with van der Waals surface area (Å²) >= 11 is 0. The van der Waals surface area contributed by atoms with Gasteiger partial charge in [0.15, 0.2) is 5.78 Å². The first-order valence-electron chi connectivity index (χ1n) is 8.34. The number of halogens is 1. The van der Waals surface area contributed by atoms with Crippen LogP contribution in [0.15, 0.2) is 0 Å². The number of nitrogens with one attached hydrogen (secondary N) is 2. The summed E-state index contributed by atoms with van der Waals surface area (Å²) in [7, 11) is 0. The molecule has 2 rings (SSSR count). The third kappa shape index (κ3) is 4.61. The Labute approximate surface area is 154 Å². The van der Waals surface area contributed by atoms with E-state index < -0.39 is 0 Å². The van der Waals surface area contributed by atoms with Gasteiger partial charge in [-0.3, -0.25) is 14.4 Å². The van der Waals surface area contributed by atoms with Gasteiger partial charge in [-0.25, -0.2) is 0 Å². The highest BCUT2D eigenvalue weighted by Crippen LogP contribution is 2.23. The minimum Gasteiger partial charge on any atom is -0.355 e. The van der Waals surface area contributed by atoms with Gasteiger partial charge < -0.3 is 20.9 Å². The molecule has 1 aromatic rings. The molecule has 0 bridgehead atoms. The maximum absolute atomic E-state index is 12.8. The van der Waals surface area contributed by atoms with Gasteiger partial charge in [0.25, 0.3) is 5.91 Å². The molecule has 7 nitrogen and oxygen atoms in total. The number of nitrogens with two attached hydrogens (primary N) is 1. The standard InChI is InChI=1S/C17H26N4O3.ClH/c1-10-14(12(3)22)11(2)20-15(10)17(24)21-8-4-5-13(9-21)16(23)19-7-6-18;/h13,20H,4-9,18H2,1-3H3,(H,19,23);1H. The number of Topliss-reactive ketones (excluding diaryl/α,β-unsaturated/α-hetero) is 1. The number of ketones is 1. The van der Waals surface area contributed by atoms with Crippen LogP contribution in [0, 0.1) is 19.8 Å². The number of carbonyl (C=O) groups is 3. The lowest BCUT2D eigenvalue weighted by Gasteiger charge is -2.32. The molecule has 0 aliphatic carbocycles. The van der Waals surface area contributed by atoms with E-state index in [-0.39, 0.29) is 35.9 Å². The van der Waals surface area contributed by atoms with E-state index >= 15 is 0 Å². The zero-order chi connectivity index (χ0) is 17.9. The summed E-state index contributed by atoms with van der Waals surface area (Å²) in [5, 5.41) is 2.79. The summed E-state index contributed by atoms with van der Waals surface area (Å²) in [6.45, 7) is 6.92. The Morgan fingerprint density at radius 2 is 2.00 bits per heavy atom. The highest BCUT2D eigenvalue weighted by atomic mass is 35.5. The number of hydrogen-bond acceptors (Lipinski definition) is 4. The summed E-state index contributed by atoms with van der Waals surface area (Å²) in [5.74, 6) is -0.475. The van der Waals surface area contributed by atoms with E-state index in [0.29, 0.717) is 48.7 Å². The molecular weight excluding hydrogens is 344 g/mol. The van der Waals surface area contributed by atoms with E-state index in [1.165, 1.54) is 6.92 Å². The predicted octanol–water partition coefficient (Wildman–Crippen LogP) is 1.18. The average Bonchev–Trinajstić information content (AvgIpc) is 2.86. The molecular formula is C17H27ClN4O3. The van der Waals surface area contributed by atoms with Crippen LogP contribution in [-0.2, 0) is 4.79 Å². The Bertz CT molecular complexity index is 657. The van der Waals surface area contributed by atoms with Crippen molar-refractivity contribution >= 4 is 30.0 Å². The maximum Gasteiger partial charge on any atom is 0.270 e. The highest BCUT2D eigenvalue weighted by molar-refractivity contribution is 6.02. The lowest BCUT2D eigenvalue weighted by molar-refractivity contribution is -0.126. The molecule has 1 aliphatic rings. The number of piperidine rings is 1. The van der Waals surface area contributed by atoms with Crippen molar-refractivity contribution in [1.82, 2.24) is 15.2 Å². The van der Waals surface area contributed by atoms with Crippen LogP contribution in [0.3, 0.4) is 0 Å². The van der Waals surface area contributed by atoms with Gasteiger partial charge in [-0.15, -0.1) is 12.4 Å². The molecule has 0 spiro atoms. The van der Waals surface area contributed by atoms with Crippen molar-refractivity contribution in [2.75, 3.05) is 26.2 Å². The summed E-state index contributed by atoms with van der Waals surface area (Å²) in [6.07, 6.45) is 1.55. The molecule has 2 amide bonds. The second-order valence-corrected chi connectivity index (χ2v) is 6.35. The Morgan fingerprint density at radius 1 is 1.32 bits per heavy atom. The van der Waals surface area contributed by atoms with Crippen molar-refractivity contribution in [3.05, 3.63) is 22.5 Å². The zero-order valence-corrected chi connectivity index (χ0v) is 15.8. The molecule has 1 aliphatic heterocycles. The van der Waals surface area contributed by atoms with E-state index in [4.69, 9.17) is 5.73 Å².